The largest absolute Gasteiger partial charge is 0.457 e. The van der Waals surface area contributed by atoms with Crippen molar-refractivity contribution in [1.82, 2.24) is 4.57 Å². The van der Waals surface area contributed by atoms with E-state index in [1.807, 2.05) is 43.3 Å². The van der Waals surface area contributed by atoms with Gasteiger partial charge in [-0.1, -0.05) is 35.1 Å². The Hall–Kier alpha value is -4.28. The van der Waals surface area contributed by atoms with Crippen molar-refractivity contribution in [2.75, 3.05) is 19.0 Å². The van der Waals surface area contributed by atoms with Crippen LogP contribution < -0.4 is 19.8 Å². The van der Waals surface area contributed by atoms with Gasteiger partial charge in [0.05, 0.1) is 15.5 Å². The van der Waals surface area contributed by atoms with Gasteiger partial charge in [0.2, 0.25) is 0 Å². The number of fused-ring (bicyclic) bond motifs is 1. The molecule has 2 aromatic heterocycles. The van der Waals surface area contributed by atoms with Gasteiger partial charge in [-0.15, -0.1) is 0 Å². The van der Waals surface area contributed by atoms with E-state index in [1.54, 1.807) is 35.8 Å². The molecule has 0 bridgehead atoms. The second kappa shape index (κ2) is 10.1. The lowest BCUT2D eigenvalue weighted by atomic mass is 9.93. The van der Waals surface area contributed by atoms with Gasteiger partial charge in [-0.25, -0.2) is 4.99 Å². The molecule has 4 aromatic rings. The molecule has 0 unspecified atom stereocenters. The summed E-state index contributed by atoms with van der Waals surface area (Å²) < 4.78 is 7.83. The van der Waals surface area contributed by atoms with Crippen molar-refractivity contribution in [2.45, 2.75) is 19.9 Å². The number of nitro groups is 1. The van der Waals surface area contributed by atoms with Crippen LogP contribution in [0.5, 0.6) is 0 Å². The number of benzene rings is 2. The number of hydrogen-bond donors (Lipinski definition) is 0. The van der Waals surface area contributed by atoms with E-state index in [0.29, 0.717) is 37.7 Å². The zero-order chi connectivity index (χ0) is 28.0. The van der Waals surface area contributed by atoms with E-state index in [4.69, 9.17) is 16.0 Å². The normalized spacial score (nSPS) is 15.2. The lowest BCUT2D eigenvalue weighted by Gasteiger charge is -2.25. The van der Waals surface area contributed by atoms with Crippen LogP contribution in [0.25, 0.3) is 17.4 Å². The van der Waals surface area contributed by atoms with Gasteiger partial charge < -0.3 is 9.32 Å². The highest BCUT2D eigenvalue weighted by Crippen LogP contribution is 2.32. The maximum atomic E-state index is 13.7. The SMILES string of the molecule is CC(=O)C1=C(C)N=c2s/c(=C/c3ccc(-c4ccc(Cl)c([N+](=O)[O-])c4)o3)c(=O)n2[C@@H]1c1ccc(N(C)C)cc1. The summed E-state index contributed by atoms with van der Waals surface area (Å²) >= 11 is 7.13. The minimum atomic E-state index is -0.612. The van der Waals surface area contributed by atoms with Crippen LogP contribution >= 0.6 is 22.9 Å². The molecule has 39 heavy (non-hydrogen) atoms. The van der Waals surface area contributed by atoms with Crippen molar-refractivity contribution in [3.8, 4) is 11.3 Å². The number of allylic oxidation sites excluding steroid dienone is 2. The number of carbonyl (C=O) groups is 1. The van der Waals surface area contributed by atoms with E-state index in [1.165, 1.54) is 30.4 Å². The van der Waals surface area contributed by atoms with Crippen LogP contribution in [-0.4, -0.2) is 29.4 Å². The first kappa shape index (κ1) is 26.3. The van der Waals surface area contributed by atoms with Gasteiger partial charge in [-0.05, 0) is 55.8 Å². The molecule has 0 aliphatic carbocycles. The molecule has 2 aromatic carbocycles. The fourth-order valence-corrected chi connectivity index (χ4v) is 5.77. The van der Waals surface area contributed by atoms with E-state index in [-0.39, 0.29) is 22.1 Å². The highest BCUT2D eigenvalue weighted by molar-refractivity contribution is 7.07. The summed E-state index contributed by atoms with van der Waals surface area (Å²) in [5, 5.41) is 11.3. The Bertz CT molecular complexity index is 1850. The average Bonchev–Trinajstić information content (AvgIpc) is 3.47. The molecule has 198 valence electrons. The molecule has 1 aliphatic heterocycles. The van der Waals surface area contributed by atoms with E-state index >= 15 is 0 Å². The number of nitrogens with zero attached hydrogens (tertiary/aromatic N) is 4. The Balaban J connectivity index is 1.60. The minimum absolute atomic E-state index is 0.0303. The molecule has 0 saturated heterocycles. The zero-order valence-corrected chi connectivity index (χ0v) is 23.0. The van der Waals surface area contributed by atoms with Crippen molar-refractivity contribution in [2.24, 2.45) is 4.99 Å². The topological polar surface area (TPSA) is 111 Å². The third-order valence-electron chi connectivity index (χ3n) is 6.45. The molecule has 3 heterocycles. The number of halogens is 1. The molecule has 0 radical (unpaired) electrons. The Morgan fingerprint density at radius 1 is 1.18 bits per heavy atom. The van der Waals surface area contributed by atoms with Crippen LogP contribution in [0.4, 0.5) is 11.4 Å². The fourth-order valence-electron chi connectivity index (χ4n) is 4.56. The van der Waals surface area contributed by atoms with Crippen LogP contribution in [0.15, 0.2) is 80.1 Å². The summed E-state index contributed by atoms with van der Waals surface area (Å²) in [6.07, 6.45) is 1.61. The minimum Gasteiger partial charge on any atom is -0.457 e. The maximum absolute atomic E-state index is 13.7. The predicted molar refractivity (Wildman–Crippen MR) is 151 cm³/mol. The first-order valence-electron chi connectivity index (χ1n) is 11.9. The first-order valence-corrected chi connectivity index (χ1v) is 13.1. The number of Topliss-reactive ketones (excluding diaryl/α,β-unsaturated/α-hetero) is 1. The van der Waals surface area contributed by atoms with Gasteiger partial charge in [0.15, 0.2) is 10.6 Å². The molecule has 0 N–H and O–H groups in total. The number of furan rings is 1. The lowest BCUT2D eigenvalue weighted by molar-refractivity contribution is -0.384. The number of aromatic nitrogens is 1. The van der Waals surface area contributed by atoms with Crippen LogP contribution in [-0.2, 0) is 4.79 Å². The molecule has 0 spiro atoms. The monoisotopic (exact) mass is 562 g/mol. The van der Waals surface area contributed by atoms with Gasteiger partial charge in [-0.2, -0.15) is 0 Å². The average molecular weight is 563 g/mol. The van der Waals surface area contributed by atoms with Crippen molar-refractivity contribution in [1.29, 1.82) is 0 Å². The molecule has 0 saturated carbocycles. The summed E-state index contributed by atoms with van der Waals surface area (Å²) in [6.45, 7) is 3.26. The van der Waals surface area contributed by atoms with Crippen LogP contribution in [0.1, 0.15) is 31.2 Å². The summed E-state index contributed by atoms with van der Waals surface area (Å²) in [4.78, 5) is 44.1. The summed E-state index contributed by atoms with van der Waals surface area (Å²) in [5.41, 5.74) is 2.79. The number of ketones is 1. The smallest absolute Gasteiger partial charge is 0.288 e. The van der Waals surface area contributed by atoms with E-state index < -0.39 is 11.0 Å². The number of carbonyl (C=O) groups excluding carboxylic acids is 1. The Morgan fingerprint density at radius 3 is 2.54 bits per heavy atom. The van der Waals surface area contributed by atoms with Crippen molar-refractivity contribution < 1.29 is 14.1 Å². The van der Waals surface area contributed by atoms with Crippen molar-refractivity contribution >= 4 is 46.2 Å². The number of nitro benzene ring substituents is 1. The predicted octanol–water partition coefficient (Wildman–Crippen LogP) is 4.71. The third kappa shape index (κ3) is 4.84. The lowest BCUT2D eigenvalue weighted by Crippen LogP contribution is -2.39. The van der Waals surface area contributed by atoms with Gasteiger partial charge >= 0.3 is 0 Å². The molecule has 0 amide bonds. The van der Waals surface area contributed by atoms with E-state index in [0.717, 1.165) is 11.3 Å². The van der Waals surface area contributed by atoms with Crippen LogP contribution in [0, 0.1) is 10.1 Å². The van der Waals surface area contributed by atoms with E-state index in [9.17, 15) is 19.7 Å². The second-order valence-corrected chi connectivity index (χ2v) is 10.7. The summed E-state index contributed by atoms with van der Waals surface area (Å²) in [5.74, 6) is 0.629. The molecule has 1 aliphatic rings. The molecule has 5 rings (SSSR count). The summed E-state index contributed by atoms with van der Waals surface area (Å²) in [6, 6.07) is 14.9. The highest BCUT2D eigenvalue weighted by Gasteiger charge is 2.30. The molecule has 11 heteroatoms. The number of hydrogen-bond acceptors (Lipinski definition) is 8. The fraction of sp³-hybridized carbons (Fsp3) is 0.179. The number of thiazole rings is 1. The van der Waals surface area contributed by atoms with Gasteiger partial charge in [0.1, 0.15) is 16.5 Å². The van der Waals surface area contributed by atoms with Crippen molar-refractivity contribution in [3.63, 3.8) is 0 Å². The molecule has 1 atom stereocenters. The first-order chi connectivity index (χ1) is 18.5. The van der Waals surface area contributed by atoms with Crippen LogP contribution in [0.3, 0.4) is 0 Å². The Labute approximate surface area is 231 Å². The zero-order valence-electron chi connectivity index (χ0n) is 21.5. The van der Waals surface area contributed by atoms with Crippen molar-refractivity contribution in [3.05, 3.63) is 112 Å². The maximum Gasteiger partial charge on any atom is 0.288 e. The number of anilines is 1. The quantitative estimate of drug-likeness (QED) is 0.248. The molecule has 0 fully saturated rings. The third-order valence-corrected chi connectivity index (χ3v) is 7.76. The van der Waals surface area contributed by atoms with E-state index in [2.05, 4.69) is 4.99 Å². The number of rotatable bonds is 6. The van der Waals surface area contributed by atoms with Gasteiger partial charge in [0, 0.05) is 48.8 Å². The van der Waals surface area contributed by atoms with Gasteiger partial charge in [0.25, 0.3) is 11.2 Å². The molecule has 9 nitrogen and oxygen atoms in total. The molecular weight excluding hydrogens is 540 g/mol. The second-order valence-electron chi connectivity index (χ2n) is 9.25. The Morgan fingerprint density at radius 2 is 1.90 bits per heavy atom. The van der Waals surface area contributed by atoms with Crippen LogP contribution in [0.2, 0.25) is 5.02 Å². The van der Waals surface area contributed by atoms with Gasteiger partial charge in [-0.3, -0.25) is 24.3 Å². The standard InChI is InChI=1S/C28H23ClN4O5S/c1-15-25(16(2)34)26(17-5-8-19(9-6-17)31(3)4)32-27(35)24(39-28(32)30-15)14-20-10-12-23(38-20)18-7-11-21(29)22(13-18)33(36)37/h5-14,26H,1-4H3/b24-14+/t26-/m1/s1. The highest BCUT2D eigenvalue weighted by atomic mass is 35.5. The Kier molecular flexibility index (Phi) is 6.83. The summed E-state index contributed by atoms with van der Waals surface area (Å²) in [7, 11) is 3.88. The molecular formula is C28H23ClN4O5S.